The fourth-order valence-corrected chi connectivity index (χ4v) is 2.74. The van der Waals surface area contributed by atoms with E-state index in [0.717, 1.165) is 19.6 Å². The van der Waals surface area contributed by atoms with Gasteiger partial charge < -0.3 is 15.0 Å². The Hall–Kier alpha value is -1.62. The van der Waals surface area contributed by atoms with Crippen molar-refractivity contribution in [2.45, 2.75) is 32.2 Å². The van der Waals surface area contributed by atoms with Crippen LogP contribution < -0.4 is 5.32 Å². The van der Waals surface area contributed by atoms with Crippen molar-refractivity contribution < 1.29 is 13.9 Å². The third-order valence-corrected chi connectivity index (χ3v) is 4.03. The number of hydrogen-bond acceptors (Lipinski definition) is 4. The lowest BCUT2D eigenvalue weighted by Crippen LogP contribution is -2.55. The maximum atomic E-state index is 13.3. The Bertz CT molecular complexity index is 485. The first-order chi connectivity index (χ1) is 10.1. The largest absolute Gasteiger partial charge is 0.464 e. The second-order valence-corrected chi connectivity index (χ2v) is 5.37. The minimum atomic E-state index is -0.754. The fourth-order valence-electron chi connectivity index (χ4n) is 2.74. The van der Waals surface area contributed by atoms with Crippen LogP contribution in [0.15, 0.2) is 24.3 Å². The molecule has 0 spiro atoms. The van der Waals surface area contributed by atoms with Crippen molar-refractivity contribution in [3.8, 4) is 0 Å². The number of ether oxygens (including phenoxy) is 1. The molecule has 1 aromatic carbocycles. The summed E-state index contributed by atoms with van der Waals surface area (Å²) >= 11 is 0. The van der Waals surface area contributed by atoms with Crippen LogP contribution in [0, 0.1) is 5.82 Å². The lowest BCUT2D eigenvalue weighted by molar-refractivity contribution is -0.150. The molecule has 0 saturated carbocycles. The van der Waals surface area contributed by atoms with Crippen molar-refractivity contribution in [3.05, 3.63) is 30.1 Å². The lowest BCUT2D eigenvalue weighted by Gasteiger charge is -2.40. The van der Waals surface area contributed by atoms with Gasteiger partial charge in [0.25, 0.3) is 0 Å². The van der Waals surface area contributed by atoms with Gasteiger partial charge in [-0.1, -0.05) is 13.0 Å². The van der Waals surface area contributed by atoms with Crippen molar-refractivity contribution in [3.63, 3.8) is 0 Å². The molecule has 1 saturated heterocycles. The fraction of sp³-hybridized carbons (Fsp3) is 0.562. The van der Waals surface area contributed by atoms with Crippen LogP contribution >= 0.6 is 0 Å². The second kappa shape index (κ2) is 6.89. The number of anilines is 1. The quantitative estimate of drug-likeness (QED) is 0.848. The van der Waals surface area contributed by atoms with E-state index in [4.69, 9.17) is 4.74 Å². The molecule has 2 rings (SSSR count). The Morgan fingerprint density at radius 3 is 2.67 bits per heavy atom. The molecule has 1 fully saturated rings. The van der Waals surface area contributed by atoms with Gasteiger partial charge in [-0.05, 0) is 44.5 Å². The molecule has 0 aliphatic carbocycles. The SMILES string of the molecule is CCOC(=O)C1(Nc2cccc(F)c2)CCN(CC)CC1. The van der Waals surface area contributed by atoms with Gasteiger partial charge in [0.05, 0.1) is 6.61 Å². The summed E-state index contributed by atoms with van der Waals surface area (Å²) in [5.74, 6) is -0.560. The minimum absolute atomic E-state index is 0.245. The van der Waals surface area contributed by atoms with Gasteiger partial charge in [-0.15, -0.1) is 0 Å². The zero-order valence-electron chi connectivity index (χ0n) is 12.7. The Morgan fingerprint density at radius 1 is 1.38 bits per heavy atom. The van der Waals surface area contributed by atoms with Gasteiger partial charge in [0.15, 0.2) is 0 Å². The first kappa shape index (κ1) is 15.8. The lowest BCUT2D eigenvalue weighted by atomic mass is 9.87. The van der Waals surface area contributed by atoms with Crippen LogP contribution in [-0.2, 0) is 9.53 Å². The zero-order chi connectivity index (χ0) is 15.3. The van der Waals surface area contributed by atoms with E-state index in [1.807, 2.05) is 0 Å². The van der Waals surface area contributed by atoms with E-state index in [9.17, 15) is 9.18 Å². The first-order valence-electron chi connectivity index (χ1n) is 7.53. The average molecular weight is 294 g/mol. The number of nitrogens with zero attached hydrogens (tertiary/aromatic N) is 1. The van der Waals surface area contributed by atoms with Crippen LogP contribution in [0.5, 0.6) is 0 Å². The van der Waals surface area contributed by atoms with Gasteiger partial charge in [-0.2, -0.15) is 0 Å². The number of hydrogen-bond donors (Lipinski definition) is 1. The van der Waals surface area contributed by atoms with E-state index in [1.54, 1.807) is 19.1 Å². The molecule has 4 nitrogen and oxygen atoms in total. The normalized spacial score (nSPS) is 18.2. The van der Waals surface area contributed by atoms with Crippen LogP contribution in [0.3, 0.4) is 0 Å². The number of carbonyl (C=O) groups is 1. The predicted molar refractivity (Wildman–Crippen MR) is 80.7 cm³/mol. The van der Waals surface area contributed by atoms with Crippen molar-refractivity contribution in [1.82, 2.24) is 4.90 Å². The van der Waals surface area contributed by atoms with Crippen LogP contribution in [0.2, 0.25) is 0 Å². The molecule has 21 heavy (non-hydrogen) atoms. The predicted octanol–water partition coefficient (Wildman–Crippen LogP) is 2.66. The Labute approximate surface area is 125 Å². The summed E-state index contributed by atoms with van der Waals surface area (Å²) in [5, 5.41) is 3.22. The summed E-state index contributed by atoms with van der Waals surface area (Å²) in [6, 6.07) is 6.21. The topological polar surface area (TPSA) is 41.6 Å². The summed E-state index contributed by atoms with van der Waals surface area (Å²) in [6.07, 6.45) is 1.33. The number of benzene rings is 1. The van der Waals surface area contributed by atoms with E-state index in [1.165, 1.54) is 12.1 Å². The number of rotatable bonds is 5. The highest BCUT2D eigenvalue weighted by molar-refractivity contribution is 5.84. The third kappa shape index (κ3) is 3.73. The molecule has 1 aliphatic rings. The highest BCUT2D eigenvalue weighted by Gasteiger charge is 2.42. The molecular formula is C16H23FN2O2. The summed E-state index contributed by atoms with van der Waals surface area (Å²) < 4.78 is 18.6. The van der Waals surface area contributed by atoms with Crippen molar-refractivity contribution >= 4 is 11.7 Å². The highest BCUT2D eigenvalue weighted by Crippen LogP contribution is 2.29. The van der Waals surface area contributed by atoms with Gasteiger partial charge in [-0.3, -0.25) is 0 Å². The van der Waals surface area contributed by atoms with E-state index < -0.39 is 5.54 Å². The van der Waals surface area contributed by atoms with E-state index in [2.05, 4.69) is 17.1 Å². The van der Waals surface area contributed by atoms with Gasteiger partial charge in [0.2, 0.25) is 0 Å². The van der Waals surface area contributed by atoms with Crippen LogP contribution in [0.4, 0.5) is 10.1 Å². The van der Waals surface area contributed by atoms with Crippen molar-refractivity contribution in [2.75, 3.05) is 31.6 Å². The number of likely N-dealkylation sites (tertiary alicyclic amines) is 1. The highest BCUT2D eigenvalue weighted by atomic mass is 19.1. The molecule has 1 heterocycles. The molecule has 0 bridgehead atoms. The van der Waals surface area contributed by atoms with Crippen molar-refractivity contribution in [1.29, 1.82) is 0 Å². The summed E-state index contributed by atoms with van der Waals surface area (Å²) in [7, 11) is 0. The summed E-state index contributed by atoms with van der Waals surface area (Å²) in [4.78, 5) is 14.7. The zero-order valence-corrected chi connectivity index (χ0v) is 12.7. The molecular weight excluding hydrogens is 271 g/mol. The molecule has 0 radical (unpaired) electrons. The molecule has 5 heteroatoms. The van der Waals surface area contributed by atoms with Crippen LogP contribution in [0.1, 0.15) is 26.7 Å². The first-order valence-corrected chi connectivity index (χ1v) is 7.53. The van der Waals surface area contributed by atoms with Crippen LogP contribution in [0.25, 0.3) is 0 Å². The van der Waals surface area contributed by atoms with Gasteiger partial charge >= 0.3 is 5.97 Å². The Morgan fingerprint density at radius 2 is 2.10 bits per heavy atom. The molecule has 1 aromatic rings. The third-order valence-electron chi connectivity index (χ3n) is 4.03. The molecule has 0 unspecified atom stereocenters. The summed E-state index contributed by atoms with van der Waals surface area (Å²) in [6.45, 7) is 6.89. The number of carbonyl (C=O) groups excluding carboxylic acids is 1. The second-order valence-electron chi connectivity index (χ2n) is 5.37. The summed E-state index contributed by atoms with van der Waals surface area (Å²) in [5.41, 5.74) is -0.136. The Kier molecular flexibility index (Phi) is 5.17. The molecule has 0 amide bonds. The van der Waals surface area contributed by atoms with Crippen LogP contribution in [-0.4, -0.2) is 42.6 Å². The van der Waals surface area contributed by atoms with Crippen molar-refractivity contribution in [2.24, 2.45) is 0 Å². The maximum absolute atomic E-state index is 13.3. The molecule has 116 valence electrons. The minimum Gasteiger partial charge on any atom is -0.464 e. The average Bonchev–Trinajstić information content (AvgIpc) is 2.48. The molecule has 0 aromatic heterocycles. The standard InChI is InChI=1S/C16H23FN2O2/c1-3-19-10-8-16(9-11-19,15(20)21-4-2)18-14-7-5-6-13(17)12-14/h5-7,12,18H,3-4,8-11H2,1-2H3. The van der Waals surface area contributed by atoms with Gasteiger partial charge in [0.1, 0.15) is 11.4 Å². The monoisotopic (exact) mass is 294 g/mol. The maximum Gasteiger partial charge on any atom is 0.331 e. The number of esters is 1. The number of nitrogens with one attached hydrogen (secondary N) is 1. The van der Waals surface area contributed by atoms with E-state index >= 15 is 0 Å². The Balaban J connectivity index is 2.18. The van der Waals surface area contributed by atoms with E-state index in [-0.39, 0.29) is 11.8 Å². The number of piperidine rings is 1. The molecule has 1 aliphatic heterocycles. The molecule has 0 atom stereocenters. The van der Waals surface area contributed by atoms with Gasteiger partial charge in [-0.25, -0.2) is 9.18 Å². The van der Waals surface area contributed by atoms with Gasteiger partial charge in [0, 0.05) is 18.8 Å². The van der Waals surface area contributed by atoms with E-state index in [0.29, 0.717) is 25.1 Å². The number of halogens is 1. The smallest absolute Gasteiger partial charge is 0.331 e. The molecule has 1 N–H and O–H groups in total.